The summed E-state index contributed by atoms with van der Waals surface area (Å²) in [6.45, 7) is 5.44. The standard InChI is InChI=1S/C25H25N5O2S/c1-16(2)30-24-20(14-26-30)19(13-21(28-24)22-8-5-11-33-22)25(32)27-18-7-3-6-17(12-18)15-29-10-4-9-23(29)31/h3,5-8,11-14,16H,4,9-10,15H2,1-2H3,(H,27,32). The highest BCUT2D eigenvalue weighted by Gasteiger charge is 2.21. The van der Waals surface area contributed by atoms with Crippen LogP contribution in [0, 0.1) is 0 Å². The van der Waals surface area contributed by atoms with Gasteiger partial charge in [-0.1, -0.05) is 18.2 Å². The molecule has 0 spiro atoms. The Morgan fingerprint density at radius 3 is 2.82 bits per heavy atom. The molecule has 8 heteroatoms. The zero-order chi connectivity index (χ0) is 22.9. The minimum atomic E-state index is -0.210. The highest BCUT2D eigenvalue weighted by Crippen LogP contribution is 2.29. The smallest absolute Gasteiger partial charge is 0.256 e. The zero-order valence-corrected chi connectivity index (χ0v) is 19.4. The fourth-order valence-electron chi connectivity index (χ4n) is 4.17. The van der Waals surface area contributed by atoms with Crippen LogP contribution in [0.2, 0.25) is 0 Å². The molecular formula is C25H25N5O2S. The van der Waals surface area contributed by atoms with Gasteiger partial charge in [-0.3, -0.25) is 9.59 Å². The van der Waals surface area contributed by atoms with Crippen LogP contribution >= 0.6 is 11.3 Å². The third-order valence-electron chi connectivity index (χ3n) is 5.80. The van der Waals surface area contributed by atoms with Crippen LogP contribution in [0.25, 0.3) is 21.6 Å². The summed E-state index contributed by atoms with van der Waals surface area (Å²) in [6, 6.07) is 13.6. The fourth-order valence-corrected chi connectivity index (χ4v) is 4.86. The lowest BCUT2D eigenvalue weighted by Crippen LogP contribution is -2.23. The van der Waals surface area contributed by atoms with Gasteiger partial charge in [0, 0.05) is 31.2 Å². The minimum Gasteiger partial charge on any atom is -0.338 e. The third kappa shape index (κ3) is 4.26. The number of pyridine rings is 1. The van der Waals surface area contributed by atoms with E-state index in [1.807, 2.05) is 71.3 Å². The first-order valence-corrected chi connectivity index (χ1v) is 12.0. The van der Waals surface area contributed by atoms with Gasteiger partial charge >= 0.3 is 0 Å². The number of carbonyl (C=O) groups is 2. The summed E-state index contributed by atoms with van der Waals surface area (Å²) in [5.41, 5.74) is 3.68. The monoisotopic (exact) mass is 459 g/mol. The number of anilines is 1. The summed E-state index contributed by atoms with van der Waals surface area (Å²) in [5.74, 6) is -0.0233. The molecule has 7 nitrogen and oxygen atoms in total. The second-order valence-electron chi connectivity index (χ2n) is 8.53. The van der Waals surface area contributed by atoms with Crippen LogP contribution in [0.4, 0.5) is 5.69 Å². The molecule has 2 amide bonds. The van der Waals surface area contributed by atoms with Gasteiger partial charge in [-0.2, -0.15) is 5.10 Å². The molecule has 1 saturated heterocycles. The number of rotatable bonds is 6. The van der Waals surface area contributed by atoms with Crippen molar-refractivity contribution in [3.8, 4) is 10.6 Å². The Bertz CT molecular complexity index is 1330. The lowest BCUT2D eigenvalue weighted by molar-refractivity contribution is -0.128. The number of likely N-dealkylation sites (tertiary alicyclic amines) is 1. The number of amides is 2. The van der Waals surface area contributed by atoms with Crippen molar-refractivity contribution in [1.82, 2.24) is 19.7 Å². The maximum absolute atomic E-state index is 13.4. The average Bonchev–Trinajstić information content (AvgIpc) is 3.54. The van der Waals surface area contributed by atoms with Gasteiger partial charge in [0.2, 0.25) is 5.91 Å². The minimum absolute atomic E-state index is 0.120. The topological polar surface area (TPSA) is 80.1 Å². The highest BCUT2D eigenvalue weighted by molar-refractivity contribution is 7.13. The van der Waals surface area contributed by atoms with Crippen molar-refractivity contribution in [2.45, 2.75) is 39.3 Å². The number of aromatic nitrogens is 3. The predicted octanol–water partition coefficient (Wildman–Crippen LogP) is 5.12. The first-order valence-electron chi connectivity index (χ1n) is 11.1. The van der Waals surface area contributed by atoms with Gasteiger partial charge in [-0.25, -0.2) is 9.67 Å². The Morgan fingerprint density at radius 2 is 2.09 bits per heavy atom. The highest BCUT2D eigenvalue weighted by atomic mass is 32.1. The molecule has 0 saturated carbocycles. The Kier molecular flexibility index (Phi) is 5.68. The predicted molar refractivity (Wildman–Crippen MR) is 130 cm³/mol. The Morgan fingerprint density at radius 1 is 1.21 bits per heavy atom. The molecule has 1 N–H and O–H groups in total. The maximum atomic E-state index is 13.4. The van der Waals surface area contributed by atoms with Crippen LogP contribution in [0.15, 0.2) is 54.0 Å². The Labute approximate surface area is 196 Å². The van der Waals surface area contributed by atoms with E-state index in [1.165, 1.54) is 0 Å². The van der Waals surface area contributed by atoms with E-state index >= 15 is 0 Å². The van der Waals surface area contributed by atoms with E-state index in [9.17, 15) is 9.59 Å². The third-order valence-corrected chi connectivity index (χ3v) is 6.70. The summed E-state index contributed by atoms with van der Waals surface area (Å²) in [4.78, 5) is 33.1. The van der Waals surface area contributed by atoms with Crippen molar-refractivity contribution in [3.05, 3.63) is 65.2 Å². The van der Waals surface area contributed by atoms with E-state index in [0.717, 1.165) is 34.5 Å². The summed E-state index contributed by atoms with van der Waals surface area (Å²) in [5, 5.41) is 10.2. The molecule has 4 aromatic rings. The molecule has 0 bridgehead atoms. The van der Waals surface area contributed by atoms with Crippen molar-refractivity contribution in [2.75, 3.05) is 11.9 Å². The number of hydrogen-bond acceptors (Lipinski definition) is 5. The van der Waals surface area contributed by atoms with Gasteiger partial charge in [-0.15, -0.1) is 11.3 Å². The van der Waals surface area contributed by atoms with Crippen LogP contribution in [0.1, 0.15) is 48.7 Å². The van der Waals surface area contributed by atoms with Crippen LogP contribution in [-0.2, 0) is 11.3 Å². The van der Waals surface area contributed by atoms with Crippen LogP contribution in [0.3, 0.4) is 0 Å². The largest absolute Gasteiger partial charge is 0.338 e. The number of benzene rings is 1. The molecule has 168 valence electrons. The fraction of sp³-hybridized carbons (Fsp3) is 0.280. The molecule has 0 unspecified atom stereocenters. The average molecular weight is 460 g/mol. The molecule has 0 aliphatic carbocycles. The van der Waals surface area contributed by atoms with Gasteiger partial charge in [-0.05, 0) is 55.5 Å². The van der Waals surface area contributed by atoms with Crippen LogP contribution < -0.4 is 5.32 Å². The molecule has 5 rings (SSSR count). The second-order valence-corrected chi connectivity index (χ2v) is 9.47. The summed E-state index contributed by atoms with van der Waals surface area (Å²) >= 11 is 1.59. The quantitative estimate of drug-likeness (QED) is 0.434. The van der Waals surface area contributed by atoms with E-state index < -0.39 is 0 Å². The number of carbonyl (C=O) groups excluding carboxylic acids is 2. The van der Waals surface area contributed by atoms with Gasteiger partial charge in [0.05, 0.1) is 27.7 Å². The van der Waals surface area contributed by atoms with E-state index in [1.54, 1.807) is 17.5 Å². The SMILES string of the molecule is CC(C)n1ncc2c(C(=O)Nc3cccc(CN4CCCC4=O)c3)cc(-c3cccs3)nc21. The summed E-state index contributed by atoms with van der Waals surface area (Å²) in [6.07, 6.45) is 3.24. The van der Waals surface area contributed by atoms with Gasteiger partial charge in [0.1, 0.15) is 0 Å². The van der Waals surface area contributed by atoms with Gasteiger partial charge in [0.25, 0.3) is 5.91 Å². The van der Waals surface area contributed by atoms with Gasteiger partial charge in [0.15, 0.2) is 5.65 Å². The molecule has 33 heavy (non-hydrogen) atoms. The molecule has 1 aliphatic heterocycles. The number of hydrogen-bond donors (Lipinski definition) is 1. The van der Waals surface area contributed by atoms with E-state index in [2.05, 4.69) is 10.4 Å². The van der Waals surface area contributed by atoms with Crippen molar-refractivity contribution >= 4 is 39.9 Å². The second kappa shape index (κ2) is 8.78. The first kappa shape index (κ1) is 21.3. The van der Waals surface area contributed by atoms with E-state index in [4.69, 9.17) is 4.98 Å². The summed E-state index contributed by atoms with van der Waals surface area (Å²) in [7, 11) is 0. The summed E-state index contributed by atoms with van der Waals surface area (Å²) < 4.78 is 1.84. The maximum Gasteiger partial charge on any atom is 0.256 e. The van der Waals surface area contributed by atoms with Crippen LogP contribution in [0.5, 0.6) is 0 Å². The number of nitrogens with one attached hydrogen (secondary N) is 1. The van der Waals surface area contributed by atoms with Gasteiger partial charge < -0.3 is 10.2 Å². The lowest BCUT2D eigenvalue weighted by atomic mass is 10.1. The molecule has 0 radical (unpaired) electrons. The molecule has 1 aliphatic rings. The number of fused-ring (bicyclic) bond motifs is 1. The van der Waals surface area contributed by atoms with Crippen LogP contribution in [-0.4, -0.2) is 38.0 Å². The molecular weight excluding hydrogens is 434 g/mol. The van der Waals surface area contributed by atoms with E-state index in [0.29, 0.717) is 29.9 Å². The van der Waals surface area contributed by atoms with E-state index in [-0.39, 0.29) is 17.9 Å². The van der Waals surface area contributed by atoms with Crippen molar-refractivity contribution in [3.63, 3.8) is 0 Å². The molecule has 4 heterocycles. The molecule has 0 atom stereocenters. The number of thiophene rings is 1. The lowest BCUT2D eigenvalue weighted by Gasteiger charge is -2.16. The zero-order valence-electron chi connectivity index (χ0n) is 18.6. The molecule has 3 aromatic heterocycles. The first-order chi connectivity index (χ1) is 16.0. The Hall–Kier alpha value is -3.52. The van der Waals surface area contributed by atoms with Crippen molar-refractivity contribution < 1.29 is 9.59 Å². The molecule has 1 aromatic carbocycles. The van der Waals surface area contributed by atoms with Crippen molar-refractivity contribution in [2.24, 2.45) is 0 Å². The molecule has 1 fully saturated rings. The number of nitrogens with zero attached hydrogens (tertiary/aromatic N) is 4. The normalized spacial score (nSPS) is 13.9. The van der Waals surface area contributed by atoms with Crippen molar-refractivity contribution in [1.29, 1.82) is 0 Å². The Balaban J connectivity index is 1.47.